The van der Waals surface area contributed by atoms with E-state index in [0.29, 0.717) is 0 Å². The van der Waals surface area contributed by atoms with E-state index in [1.807, 2.05) is 0 Å². The molecule has 0 aliphatic rings. The predicted molar refractivity (Wildman–Crippen MR) is 49.0 cm³/mol. The Hall–Kier alpha value is -1.18. The average Bonchev–Trinajstić information content (AvgIpc) is 2.23. The highest BCUT2D eigenvalue weighted by atomic mass is 16.4. The van der Waals surface area contributed by atoms with Gasteiger partial charge in [0.05, 0.1) is 26.2 Å². The summed E-state index contributed by atoms with van der Waals surface area (Å²) >= 11 is 0. The molecule has 0 atom stereocenters. The maximum atomic E-state index is 11.1. The van der Waals surface area contributed by atoms with Crippen molar-refractivity contribution in [3.8, 4) is 0 Å². The number of carbonyl (C=O) groups excluding carboxylic acids is 1. The molecule has 0 aromatic carbocycles. The van der Waals surface area contributed by atoms with E-state index in [1.54, 1.807) is 0 Å². The van der Waals surface area contributed by atoms with E-state index in [0.717, 1.165) is 0 Å². The second-order valence-electron chi connectivity index (χ2n) is 3.20. The second kappa shape index (κ2) is 6.33. The standard InChI is InChI=1S/C8H15NO6/c10-3-8(4-11,5-12)9-6(13)1-2-7(14)15/h10-12H,1-5H2,(H,9,13)(H,14,15). The Labute approximate surface area is 86.3 Å². The highest BCUT2D eigenvalue weighted by Gasteiger charge is 2.29. The maximum absolute atomic E-state index is 11.1. The van der Waals surface area contributed by atoms with Gasteiger partial charge in [0.2, 0.25) is 5.91 Å². The number of hydrogen-bond donors (Lipinski definition) is 5. The Kier molecular flexibility index (Phi) is 5.83. The number of aliphatic hydroxyl groups is 3. The first-order chi connectivity index (χ1) is 6.99. The molecule has 5 N–H and O–H groups in total. The number of carboxylic acid groups (broad SMARTS) is 1. The first-order valence-corrected chi connectivity index (χ1v) is 4.35. The van der Waals surface area contributed by atoms with Crippen molar-refractivity contribution in [1.82, 2.24) is 5.32 Å². The summed E-state index contributed by atoms with van der Waals surface area (Å²) in [4.78, 5) is 21.3. The van der Waals surface area contributed by atoms with Gasteiger partial charge < -0.3 is 25.7 Å². The van der Waals surface area contributed by atoms with E-state index in [2.05, 4.69) is 5.32 Å². The number of hydrogen-bond acceptors (Lipinski definition) is 5. The fraction of sp³-hybridized carbons (Fsp3) is 0.750. The largest absolute Gasteiger partial charge is 0.481 e. The Balaban J connectivity index is 4.17. The van der Waals surface area contributed by atoms with Gasteiger partial charge in [-0.2, -0.15) is 0 Å². The minimum atomic E-state index is -1.49. The van der Waals surface area contributed by atoms with Crippen molar-refractivity contribution in [1.29, 1.82) is 0 Å². The Morgan fingerprint density at radius 3 is 1.80 bits per heavy atom. The van der Waals surface area contributed by atoms with Gasteiger partial charge in [0.25, 0.3) is 0 Å². The Morgan fingerprint density at radius 1 is 1.00 bits per heavy atom. The van der Waals surface area contributed by atoms with Crippen molar-refractivity contribution < 1.29 is 30.0 Å². The lowest BCUT2D eigenvalue weighted by Crippen LogP contribution is -2.57. The zero-order chi connectivity index (χ0) is 11.9. The van der Waals surface area contributed by atoms with E-state index in [1.165, 1.54) is 0 Å². The summed E-state index contributed by atoms with van der Waals surface area (Å²) < 4.78 is 0. The molecule has 0 aliphatic carbocycles. The van der Waals surface area contributed by atoms with Crippen LogP contribution in [-0.2, 0) is 9.59 Å². The lowest BCUT2D eigenvalue weighted by molar-refractivity contribution is -0.139. The minimum Gasteiger partial charge on any atom is -0.481 e. The van der Waals surface area contributed by atoms with Gasteiger partial charge >= 0.3 is 5.97 Å². The van der Waals surface area contributed by atoms with Gasteiger partial charge in [-0.1, -0.05) is 0 Å². The summed E-state index contributed by atoms with van der Waals surface area (Å²) in [5.41, 5.74) is -1.49. The molecule has 15 heavy (non-hydrogen) atoms. The van der Waals surface area contributed by atoms with Crippen LogP contribution in [0.15, 0.2) is 0 Å². The van der Waals surface area contributed by atoms with Crippen LogP contribution in [0, 0.1) is 0 Å². The first-order valence-electron chi connectivity index (χ1n) is 4.35. The summed E-state index contributed by atoms with van der Waals surface area (Å²) in [6, 6.07) is 0. The van der Waals surface area contributed by atoms with Crippen molar-refractivity contribution in [2.75, 3.05) is 19.8 Å². The molecule has 0 aromatic rings. The van der Waals surface area contributed by atoms with Gasteiger partial charge in [-0.15, -0.1) is 0 Å². The van der Waals surface area contributed by atoms with Crippen LogP contribution in [0.2, 0.25) is 0 Å². The Bertz CT molecular complexity index is 217. The summed E-state index contributed by atoms with van der Waals surface area (Å²) in [7, 11) is 0. The third kappa shape index (κ3) is 4.73. The van der Waals surface area contributed by atoms with Crippen molar-refractivity contribution in [2.24, 2.45) is 0 Å². The minimum absolute atomic E-state index is 0.267. The molecule has 7 nitrogen and oxygen atoms in total. The van der Waals surface area contributed by atoms with Gasteiger partial charge in [-0.3, -0.25) is 9.59 Å². The SMILES string of the molecule is O=C(O)CCC(=O)NC(CO)(CO)CO. The molecular weight excluding hydrogens is 206 g/mol. The molecule has 88 valence electrons. The molecule has 0 radical (unpaired) electrons. The summed E-state index contributed by atoms with van der Waals surface area (Å²) in [6.07, 6.45) is -0.610. The molecule has 0 saturated carbocycles. The highest BCUT2D eigenvalue weighted by molar-refractivity contribution is 5.81. The third-order valence-electron chi connectivity index (χ3n) is 1.88. The van der Waals surface area contributed by atoms with Crippen LogP contribution in [-0.4, -0.2) is 57.7 Å². The van der Waals surface area contributed by atoms with Crippen molar-refractivity contribution >= 4 is 11.9 Å². The zero-order valence-electron chi connectivity index (χ0n) is 8.14. The Morgan fingerprint density at radius 2 is 1.47 bits per heavy atom. The molecule has 0 aliphatic heterocycles. The summed E-state index contributed by atoms with van der Waals surface area (Å²) in [5, 5.41) is 37.0. The van der Waals surface area contributed by atoms with Gasteiger partial charge in [0.15, 0.2) is 0 Å². The molecule has 0 saturated heterocycles. The number of rotatable bonds is 7. The number of aliphatic hydroxyl groups excluding tert-OH is 3. The van der Waals surface area contributed by atoms with Gasteiger partial charge in [-0.25, -0.2) is 0 Å². The van der Waals surface area contributed by atoms with Gasteiger partial charge in [0, 0.05) is 6.42 Å². The molecule has 0 bridgehead atoms. The van der Waals surface area contributed by atoms with Crippen LogP contribution >= 0.6 is 0 Å². The van der Waals surface area contributed by atoms with Gasteiger partial charge in [-0.05, 0) is 0 Å². The fourth-order valence-electron chi connectivity index (χ4n) is 0.847. The van der Waals surface area contributed by atoms with Crippen LogP contribution in [0.25, 0.3) is 0 Å². The second-order valence-corrected chi connectivity index (χ2v) is 3.20. The molecular formula is C8H15NO6. The quantitative estimate of drug-likeness (QED) is 0.328. The number of carbonyl (C=O) groups is 2. The van der Waals surface area contributed by atoms with Crippen molar-refractivity contribution in [2.45, 2.75) is 18.4 Å². The number of nitrogens with one attached hydrogen (secondary N) is 1. The fourth-order valence-corrected chi connectivity index (χ4v) is 0.847. The summed E-state index contributed by atoms with van der Waals surface area (Å²) in [5.74, 6) is -1.76. The van der Waals surface area contributed by atoms with Crippen molar-refractivity contribution in [3.05, 3.63) is 0 Å². The highest BCUT2D eigenvalue weighted by Crippen LogP contribution is 2.02. The molecule has 0 spiro atoms. The van der Waals surface area contributed by atoms with Crippen LogP contribution in [0.1, 0.15) is 12.8 Å². The van der Waals surface area contributed by atoms with Crippen LogP contribution in [0.3, 0.4) is 0 Å². The maximum Gasteiger partial charge on any atom is 0.303 e. The predicted octanol–water partition coefficient (Wildman–Crippen LogP) is -2.32. The molecule has 0 unspecified atom stereocenters. The smallest absolute Gasteiger partial charge is 0.303 e. The molecule has 0 fully saturated rings. The molecule has 0 rings (SSSR count). The van der Waals surface area contributed by atoms with Crippen LogP contribution in [0.4, 0.5) is 0 Å². The topological polar surface area (TPSA) is 127 Å². The van der Waals surface area contributed by atoms with Crippen LogP contribution in [0.5, 0.6) is 0 Å². The lowest BCUT2D eigenvalue weighted by atomic mass is 10.0. The monoisotopic (exact) mass is 221 g/mol. The number of carboxylic acids is 1. The first kappa shape index (κ1) is 13.8. The lowest BCUT2D eigenvalue weighted by Gasteiger charge is -2.28. The third-order valence-corrected chi connectivity index (χ3v) is 1.88. The molecule has 1 amide bonds. The van der Waals surface area contributed by atoms with E-state index >= 15 is 0 Å². The van der Waals surface area contributed by atoms with E-state index in [-0.39, 0.29) is 12.8 Å². The molecule has 7 heteroatoms. The summed E-state index contributed by atoms with van der Waals surface area (Å²) in [6.45, 7) is -1.88. The average molecular weight is 221 g/mol. The normalized spacial score (nSPS) is 11.1. The van der Waals surface area contributed by atoms with Crippen LogP contribution < -0.4 is 5.32 Å². The van der Waals surface area contributed by atoms with Crippen molar-refractivity contribution in [3.63, 3.8) is 0 Å². The van der Waals surface area contributed by atoms with Gasteiger partial charge in [0.1, 0.15) is 5.54 Å². The number of amides is 1. The zero-order valence-corrected chi connectivity index (χ0v) is 8.14. The van der Waals surface area contributed by atoms with E-state index < -0.39 is 37.2 Å². The van der Waals surface area contributed by atoms with E-state index in [4.69, 9.17) is 20.4 Å². The van der Waals surface area contributed by atoms with E-state index in [9.17, 15) is 9.59 Å². The number of aliphatic carboxylic acids is 1. The molecule has 0 aromatic heterocycles. The molecule has 0 heterocycles.